The molecule has 0 bridgehead atoms. The third-order valence-corrected chi connectivity index (χ3v) is 3.34. The number of aromatic nitrogens is 2. The highest BCUT2D eigenvalue weighted by molar-refractivity contribution is 5.39. The summed E-state index contributed by atoms with van der Waals surface area (Å²) in [4.78, 5) is 11.1. The van der Waals surface area contributed by atoms with E-state index >= 15 is 0 Å². The van der Waals surface area contributed by atoms with Gasteiger partial charge >= 0.3 is 0 Å². The van der Waals surface area contributed by atoms with Crippen molar-refractivity contribution in [3.63, 3.8) is 0 Å². The number of anilines is 1. The molecule has 106 valence electrons. The number of ether oxygens (including phenoxy) is 1. The average molecular weight is 263 g/mol. The summed E-state index contributed by atoms with van der Waals surface area (Å²) in [6.07, 6.45) is 4.04. The van der Waals surface area contributed by atoms with Crippen molar-refractivity contribution in [2.75, 3.05) is 24.6 Å². The van der Waals surface area contributed by atoms with Gasteiger partial charge in [0.05, 0.1) is 12.7 Å². The van der Waals surface area contributed by atoms with Gasteiger partial charge in [0, 0.05) is 24.8 Å². The summed E-state index contributed by atoms with van der Waals surface area (Å²) < 4.78 is 5.70. The minimum atomic E-state index is 0.253. The van der Waals surface area contributed by atoms with E-state index in [0.717, 1.165) is 44.0 Å². The van der Waals surface area contributed by atoms with E-state index in [9.17, 15) is 0 Å². The molecule has 4 nitrogen and oxygen atoms in total. The largest absolute Gasteiger partial charge is 0.375 e. The molecule has 1 fully saturated rings. The number of hydrogen-bond acceptors (Lipinski definition) is 4. The lowest BCUT2D eigenvalue weighted by atomic mass is 9.90. The number of hydrogen-bond donors (Lipinski definition) is 0. The Bertz CT molecular complexity index is 414. The molecular weight excluding hydrogens is 238 g/mol. The molecule has 2 heterocycles. The van der Waals surface area contributed by atoms with Gasteiger partial charge in [0.1, 0.15) is 12.1 Å². The molecule has 1 aromatic rings. The van der Waals surface area contributed by atoms with Crippen molar-refractivity contribution < 1.29 is 4.74 Å². The maximum absolute atomic E-state index is 5.70. The van der Waals surface area contributed by atoms with Gasteiger partial charge in [0.25, 0.3) is 0 Å². The van der Waals surface area contributed by atoms with Crippen LogP contribution in [0.25, 0.3) is 0 Å². The summed E-state index contributed by atoms with van der Waals surface area (Å²) in [5.41, 5.74) is 1.37. The molecule has 0 saturated carbocycles. The molecule has 4 heteroatoms. The number of morpholine rings is 1. The Balaban J connectivity index is 2.09. The molecule has 1 saturated heterocycles. The van der Waals surface area contributed by atoms with Gasteiger partial charge in [-0.3, -0.25) is 0 Å². The maximum Gasteiger partial charge on any atom is 0.132 e. The first-order valence-electron chi connectivity index (χ1n) is 7.15. The van der Waals surface area contributed by atoms with Crippen LogP contribution in [0.3, 0.4) is 0 Å². The van der Waals surface area contributed by atoms with Crippen LogP contribution in [0.4, 0.5) is 5.82 Å². The molecule has 1 aromatic heterocycles. The lowest BCUT2D eigenvalue weighted by molar-refractivity contribution is 0.0381. The standard InChI is InChI=1S/C15H25N3O/c1-5-13-10-18(6-7-19-13)14-8-12(16-11-17-14)9-15(2,3)4/h8,11,13H,5-7,9-10H2,1-4H3. The van der Waals surface area contributed by atoms with Crippen LogP contribution in [0.5, 0.6) is 0 Å². The first kappa shape index (κ1) is 14.3. The lowest BCUT2D eigenvalue weighted by Gasteiger charge is -2.33. The Labute approximate surface area is 116 Å². The van der Waals surface area contributed by atoms with Crippen LogP contribution in [0.1, 0.15) is 39.8 Å². The summed E-state index contributed by atoms with van der Waals surface area (Å²) in [5.74, 6) is 1.04. The quantitative estimate of drug-likeness (QED) is 0.840. The molecule has 0 aromatic carbocycles. The van der Waals surface area contributed by atoms with Gasteiger partial charge in [-0.1, -0.05) is 27.7 Å². The highest BCUT2D eigenvalue weighted by atomic mass is 16.5. The molecule has 0 radical (unpaired) electrons. The van der Waals surface area contributed by atoms with Crippen molar-refractivity contribution in [2.45, 2.75) is 46.6 Å². The summed E-state index contributed by atoms with van der Waals surface area (Å²) >= 11 is 0. The van der Waals surface area contributed by atoms with Crippen molar-refractivity contribution in [3.05, 3.63) is 18.1 Å². The van der Waals surface area contributed by atoms with Crippen molar-refractivity contribution in [3.8, 4) is 0 Å². The monoisotopic (exact) mass is 263 g/mol. The lowest BCUT2D eigenvalue weighted by Crippen LogP contribution is -2.42. The number of rotatable bonds is 3. The fraction of sp³-hybridized carbons (Fsp3) is 0.733. The second-order valence-electron chi connectivity index (χ2n) is 6.45. The van der Waals surface area contributed by atoms with Gasteiger partial charge < -0.3 is 9.64 Å². The van der Waals surface area contributed by atoms with E-state index in [2.05, 4.69) is 48.6 Å². The minimum absolute atomic E-state index is 0.253. The molecular formula is C15H25N3O. The molecule has 1 atom stereocenters. The van der Waals surface area contributed by atoms with Gasteiger partial charge in [-0.25, -0.2) is 9.97 Å². The second-order valence-corrected chi connectivity index (χ2v) is 6.45. The van der Waals surface area contributed by atoms with Crippen molar-refractivity contribution in [2.24, 2.45) is 5.41 Å². The zero-order chi connectivity index (χ0) is 13.9. The molecule has 1 aliphatic rings. The smallest absolute Gasteiger partial charge is 0.132 e. The van der Waals surface area contributed by atoms with Crippen LogP contribution in [0.15, 0.2) is 12.4 Å². The van der Waals surface area contributed by atoms with Gasteiger partial charge in [-0.15, -0.1) is 0 Å². The average Bonchev–Trinajstić information content (AvgIpc) is 2.37. The third-order valence-electron chi connectivity index (χ3n) is 3.34. The van der Waals surface area contributed by atoms with E-state index in [1.54, 1.807) is 6.33 Å². The molecule has 19 heavy (non-hydrogen) atoms. The van der Waals surface area contributed by atoms with Gasteiger partial charge in [0.15, 0.2) is 0 Å². The van der Waals surface area contributed by atoms with Gasteiger partial charge in [0.2, 0.25) is 0 Å². The summed E-state index contributed by atoms with van der Waals surface area (Å²) in [6, 6.07) is 2.13. The SMILES string of the molecule is CCC1CN(c2cc(CC(C)(C)C)ncn2)CCO1. The first-order chi connectivity index (χ1) is 8.98. The Kier molecular flexibility index (Phi) is 4.40. The van der Waals surface area contributed by atoms with E-state index in [4.69, 9.17) is 4.74 Å². The van der Waals surface area contributed by atoms with Crippen LogP contribution < -0.4 is 4.90 Å². The number of nitrogens with zero attached hydrogens (tertiary/aromatic N) is 3. The van der Waals surface area contributed by atoms with Crippen LogP contribution >= 0.6 is 0 Å². The van der Waals surface area contributed by atoms with E-state index in [-0.39, 0.29) is 5.41 Å². The Morgan fingerprint density at radius 2 is 2.16 bits per heavy atom. The topological polar surface area (TPSA) is 38.2 Å². The van der Waals surface area contributed by atoms with E-state index in [1.807, 2.05) is 0 Å². The highest BCUT2D eigenvalue weighted by Gasteiger charge is 2.21. The van der Waals surface area contributed by atoms with Crippen molar-refractivity contribution in [1.82, 2.24) is 9.97 Å². The van der Waals surface area contributed by atoms with Crippen LogP contribution in [-0.4, -0.2) is 35.8 Å². The summed E-state index contributed by atoms with van der Waals surface area (Å²) in [6.45, 7) is 11.5. The summed E-state index contributed by atoms with van der Waals surface area (Å²) in [7, 11) is 0. The fourth-order valence-electron chi connectivity index (χ4n) is 2.37. The zero-order valence-electron chi connectivity index (χ0n) is 12.5. The Morgan fingerprint density at radius 3 is 2.84 bits per heavy atom. The van der Waals surface area contributed by atoms with Crippen LogP contribution in [0.2, 0.25) is 0 Å². The first-order valence-corrected chi connectivity index (χ1v) is 7.15. The molecule has 2 rings (SSSR count). The zero-order valence-corrected chi connectivity index (χ0v) is 12.5. The van der Waals surface area contributed by atoms with Crippen LogP contribution in [-0.2, 0) is 11.2 Å². The van der Waals surface area contributed by atoms with E-state index < -0.39 is 0 Å². The second kappa shape index (κ2) is 5.87. The molecule has 1 unspecified atom stereocenters. The molecule has 0 N–H and O–H groups in total. The third kappa shape index (κ3) is 4.16. The van der Waals surface area contributed by atoms with E-state index in [1.165, 1.54) is 0 Å². The maximum atomic E-state index is 5.70. The molecule has 0 amide bonds. The van der Waals surface area contributed by atoms with Crippen molar-refractivity contribution >= 4 is 5.82 Å². The fourth-order valence-corrected chi connectivity index (χ4v) is 2.37. The van der Waals surface area contributed by atoms with Gasteiger partial charge in [-0.05, 0) is 18.3 Å². The van der Waals surface area contributed by atoms with E-state index in [0.29, 0.717) is 6.10 Å². The highest BCUT2D eigenvalue weighted by Crippen LogP contribution is 2.22. The van der Waals surface area contributed by atoms with Crippen LogP contribution in [0, 0.1) is 5.41 Å². The molecule has 0 spiro atoms. The predicted octanol–water partition coefficient (Wildman–Crippen LogP) is 2.68. The van der Waals surface area contributed by atoms with Gasteiger partial charge in [-0.2, -0.15) is 0 Å². The predicted molar refractivity (Wildman–Crippen MR) is 77.4 cm³/mol. The van der Waals surface area contributed by atoms with Crippen molar-refractivity contribution in [1.29, 1.82) is 0 Å². The Morgan fingerprint density at radius 1 is 1.37 bits per heavy atom. The Hall–Kier alpha value is -1.16. The minimum Gasteiger partial charge on any atom is -0.375 e. The molecule has 0 aliphatic carbocycles. The summed E-state index contributed by atoms with van der Waals surface area (Å²) in [5, 5.41) is 0. The molecule has 1 aliphatic heterocycles. The normalized spacial score (nSPS) is 20.6.